The molecule has 1 unspecified atom stereocenters. The van der Waals surface area contributed by atoms with Crippen LogP contribution in [-0.2, 0) is 16.4 Å². The molecule has 0 spiro atoms. The van der Waals surface area contributed by atoms with Crippen molar-refractivity contribution in [1.29, 1.82) is 0 Å². The molecule has 0 aliphatic carbocycles. The number of benzene rings is 1. The van der Waals surface area contributed by atoms with E-state index < -0.39 is 16.1 Å². The summed E-state index contributed by atoms with van der Waals surface area (Å²) in [7, 11) is -3.44. The van der Waals surface area contributed by atoms with E-state index in [2.05, 4.69) is 0 Å². The van der Waals surface area contributed by atoms with Gasteiger partial charge in [0.2, 0.25) is 10.0 Å². The average molecular weight is 299 g/mol. The molecule has 0 bridgehead atoms. The van der Waals surface area contributed by atoms with Crippen LogP contribution in [0.1, 0.15) is 38.3 Å². The van der Waals surface area contributed by atoms with Crippen molar-refractivity contribution in [3.8, 4) is 0 Å². The number of hydrogen-bond acceptors (Lipinski definition) is 3. The fourth-order valence-corrected chi connectivity index (χ4v) is 3.91. The van der Waals surface area contributed by atoms with Gasteiger partial charge in [-0.1, -0.05) is 31.5 Å². The average Bonchev–Trinajstić information content (AvgIpc) is 2.37. The van der Waals surface area contributed by atoms with Crippen molar-refractivity contribution in [3.63, 3.8) is 0 Å². The van der Waals surface area contributed by atoms with Crippen LogP contribution < -0.4 is 0 Å². The van der Waals surface area contributed by atoms with Gasteiger partial charge in [0.15, 0.2) is 0 Å². The summed E-state index contributed by atoms with van der Waals surface area (Å²) in [5, 5.41) is 9.42. The maximum Gasteiger partial charge on any atom is 0.243 e. The van der Waals surface area contributed by atoms with Crippen molar-refractivity contribution in [2.45, 2.75) is 51.5 Å². The third-order valence-electron chi connectivity index (χ3n) is 3.37. The summed E-state index contributed by atoms with van der Waals surface area (Å²) in [5.41, 5.74) is 1.82. The highest BCUT2D eigenvalue weighted by molar-refractivity contribution is 7.89. The molecule has 0 aliphatic rings. The van der Waals surface area contributed by atoms with Gasteiger partial charge in [-0.2, -0.15) is 4.31 Å². The number of rotatable bonds is 7. The van der Waals surface area contributed by atoms with Crippen LogP contribution in [0.25, 0.3) is 0 Å². The highest BCUT2D eigenvalue weighted by atomic mass is 32.2. The fourth-order valence-electron chi connectivity index (χ4n) is 2.22. The molecule has 0 saturated carbocycles. The van der Waals surface area contributed by atoms with Crippen LogP contribution in [0.2, 0.25) is 0 Å². The second-order valence-electron chi connectivity index (χ2n) is 5.09. The lowest BCUT2D eigenvalue weighted by molar-refractivity contribution is 0.184. The predicted molar refractivity (Wildman–Crippen MR) is 81.3 cm³/mol. The predicted octanol–water partition coefficient (Wildman–Crippen LogP) is 2.34. The SMILES string of the molecule is CCN(CC)S(=O)(=O)c1ccc(C)cc1CCC(C)O. The zero-order valence-electron chi connectivity index (χ0n) is 12.8. The largest absolute Gasteiger partial charge is 0.393 e. The Hall–Kier alpha value is -0.910. The van der Waals surface area contributed by atoms with Crippen molar-refractivity contribution in [3.05, 3.63) is 29.3 Å². The van der Waals surface area contributed by atoms with Gasteiger partial charge in [0.25, 0.3) is 0 Å². The van der Waals surface area contributed by atoms with Gasteiger partial charge < -0.3 is 5.11 Å². The molecule has 20 heavy (non-hydrogen) atoms. The lowest BCUT2D eigenvalue weighted by Gasteiger charge is -2.21. The second-order valence-corrected chi connectivity index (χ2v) is 6.99. The number of aliphatic hydroxyl groups excluding tert-OH is 1. The molecule has 1 atom stereocenters. The quantitative estimate of drug-likeness (QED) is 0.840. The number of sulfonamides is 1. The molecular formula is C15H25NO3S. The topological polar surface area (TPSA) is 57.6 Å². The molecule has 0 aromatic heterocycles. The van der Waals surface area contributed by atoms with E-state index in [0.717, 1.165) is 11.1 Å². The van der Waals surface area contributed by atoms with Gasteiger partial charge in [-0.05, 0) is 38.3 Å². The molecule has 0 aliphatic heterocycles. The maximum atomic E-state index is 12.6. The molecule has 4 nitrogen and oxygen atoms in total. The second kappa shape index (κ2) is 7.20. The first-order chi connectivity index (χ1) is 9.32. The Morgan fingerprint density at radius 3 is 2.35 bits per heavy atom. The molecule has 0 heterocycles. The summed E-state index contributed by atoms with van der Waals surface area (Å²) in [5.74, 6) is 0. The summed E-state index contributed by atoms with van der Waals surface area (Å²) in [6.07, 6.45) is 0.693. The molecule has 1 N–H and O–H groups in total. The van der Waals surface area contributed by atoms with Crippen LogP contribution >= 0.6 is 0 Å². The Morgan fingerprint density at radius 1 is 1.25 bits per heavy atom. The van der Waals surface area contributed by atoms with Crippen molar-refractivity contribution in [2.24, 2.45) is 0 Å². The Balaban J connectivity index is 3.22. The van der Waals surface area contributed by atoms with Crippen LogP contribution in [0.5, 0.6) is 0 Å². The Morgan fingerprint density at radius 2 is 1.85 bits per heavy atom. The Kier molecular flexibility index (Phi) is 6.17. The van der Waals surface area contributed by atoms with Crippen molar-refractivity contribution >= 4 is 10.0 Å². The third kappa shape index (κ3) is 4.04. The first-order valence-corrected chi connectivity index (χ1v) is 8.54. The normalized spacial score (nSPS) is 13.7. The van der Waals surface area contributed by atoms with E-state index in [-0.39, 0.29) is 0 Å². The first kappa shape index (κ1) is 17.1. The van der Waals surface area contributed by atoms with E-state index in [9.17, 15) is 13.5 Å². The number of nitrogens with zero attached hydrogens (tertiary/aromatic N) is 1. The summed E-state index contributed by atoms with van der Waals surface area (Å²) in [6, 6.07) is 5.40. The van der Waals surface area contributed by atoms with Gasteiger partial charge in [-0.25, -0.2) is 8.42 Å². The molecular weight excluding hydrogens is 274 g/mol. The summed E-state index contributed by atoms with van der Waals surface area (Å²) in [6.45, 7) is 8.26. The monoisotopic (exact) mass is 299 g/mol. The van der Waals surface area contributed by atoms with E-state index in [1.165, 1.54) is 4.31 Å². The highest BCUT2D eigenvalue weighted by Crippen LogP contribution is 2.23. The van der Waals surface area contributed by atoms with Crippen LogP contribution in [0.4, 0.5) is 0 Å². The smallest absolute Gasteiger partial charge is 0.243 e. The van der Waals surface area contributed by atoms with Crippen LogP contribution in [0.3, 0.4) is 0 Å². The van der Waals surface area contributed by atoms with Crippen molar-refractivity contribution in [2.75, 3.05) is 13.1 Å². The summed E-state index contributed by atoms with van der Waals surface area (Å²) >= 11 is 0. The minimum atomic E-state index is -3.44. The van der Waals surface area contributed by atoms with E-state index in [1.54, 1.807) is 13.0 Å². The fraction of sp³-hybridized carbons (Fsp3) is 0.600. The zero-order valence-corrected chi connectivity index (χ0v) is 13.6. The standard InChI is InChI=1S/C15H25NO3S/c1-5-16(6-2)20(18,19)15-10-7-12(3)11-14(15)9-8-13(4)17/h7,10-11,13,17H,5-6,8-9H2,1-4H3. The number of aliphatic hydroxyl groups is 1. The lowest BCUT2D eigenvalue weighted by atomic mass is 10.1. The molecule has 5 heteroatoms. The Bertz CT molecular complexity index is 534. The minimum Gasteiger partial charge on any atom is -0.393 e. The zero-order chi connectivity index (χ0) is 15.3. The van der Waals surface area contributed by atoms with E-state index in [0.29, 0.717) is 30.8 Å². The first-order valence-electron chi connectivity index (χ1n) is 7.10. The Labute approximate surface area is 122 Å². The molecule has 0 fully saturated rings. The molecule has 0 radical (unpaired) electrons. The van der Waals surface area contributed by atoms with Gasteiger partial charge in [-0.15, -0.1) is 0 Å². The maximum absolute atomic E-state index is 12.6. The van der Waals surface area contributed by atoms with Crippen molar-refractivity contribution in [1.82, 2.24) is 4.31 Å². The van der Waals surface area contributed by atoms with E-state index in [4.69, 9.17) is 0 Å². The van der Waals surface area contributed by atoms with Gasteiger partial charge in [0, 0.05) is 13.1 Å². The van der Waals surface area contributed by atoms with Crippen LogP contribution in [0, 0.1) is 6.92 Å². The summed E-state index contributed by atoms with van der Waals surface area (Å²) in [4.78, 5) is 0.368. The number of aryl methyl sites for hydroxylation is 2. The third-order valence-corrected chi connectivity index (χ3v) is 5.52. The van der Waals surface area contributed by atoms with E-state index >= 15 is 0 Å². The van der Waals surface area contributed by atoms with Gasteiger partial charge in [-0.3, -0.25) is 0 Å². The number of hydrogen-bond donors (Lipinski definition) is 1. The molecule has 1 aromatic carbocycles. The molecule has 1 aromatic rings. The molecule has 0 saturated heterocycles. The molecule has 114 valence electrons. The molecule has 0 amide bonds. The van der Waals surface area contributed by atoms with Crippen molar-refractivity contribution < 1.29 is 13.5 Å². The van der Waals surface area contributed by atoms with Gasteiger partial charge >= 0.3 is 0 Å². The van der Waals surface area contributed by atoms with E-state index in [1.807, 2.05) is 32.9 Å². The molecule has 1 rings (SSSR count). The lowest BCUT2D eigenvalue weighted by Crippen LogP contribution is -2.31. The van der Waals surface area contributed by atoms with Gasteiger partial charge in [0.1, 0.15) is 0 Å². The van der Waals surface area contributed by atoms with Crippen LogP contribution in [0.15, 0.2) is 23.1 Å². The summed E-state index contributed by atoms with van der Waals surface area (Å²) < 4.78 is 26.7. The highest BCUT2D eigenvalue weighted by Gasteiger charge is 2.24. The minimum absolute atomic E-state index is 0.368. The van der Waals surface area contributed by atoms with Gasteiger partial charge in [0.05, 0.1) is 11.0 Å². The van der Waals surface area contributed by atoms with Crippen LogP contribution in [-0.4, -0.2) is 37.0 Å².